The third kappa shape index (κ3) is 2.59. The van der Waals surface area contributed by atoms with Crippen molar-refractivity contribution in [1.29, 1.82) is 0 Å². The zero-order chi connectivity index (χ0) is 12.4. The zero-order valence-corrected chi connectivity index (χ0v) is 9.88. The Morgan fingerprint density at radius 1 is 1.59 bits per heavy atom. The van der Waals surface area contributed by atoms with Gasteiger partial charge in [0.25, 0.3) is 5.91 Å². The molecule has 2 rings (SSSR count). The van der Waals surface area contributed by atoms with Crippen molar-refractivity contribution in [2.24, 2.45) is 0 Å². The molecule has 1 aromatic rings. The van der Waals surface area contributed by atoms with Gasteiger partial charge >= 0.3 is 5.97 Å². The highest BCUT2D eigenvalue weighted by molar-refractivity contribution is 6.99. The first-order chi connectivity index (χ1) is 8.08. The molecule has 2 heterocycles. The molecule has 1 unspecified atom stereocenters. The van der Waals surface area contributed by atoms with Crippen LogP contribution in [0.3, 0.4) is 0 Å². The maximum atomic E-state index is 12.0. The predicted octanol–water partition coefficient (Wildman–Crippen LogP) is -0.148. The summed E-state index contributed by atoms with van der Waals surface area (Å²) < 4.78 is 12.8. The van der Waals surface area contributed by atoms with Crippen molar-refractivity contribution >= 4 is 23.6 Å². The van der Waals surface area contributed by atoms with E-state index in [1.807, 2.05) is 0 Å². The van der Waals surface area contributed by atoms with E-state index < -0.39 is 12.1 Å². The second-order valence-electron chi connectivity index (χ2n) is 3.78. The minimum atomic E-state index is -1.06. The number of carboxylic acid groups (broad SMARTS) is 1. The molecule has 1 N–H and O–H groups in total. The van der Waals surface area contributed by atoms with Crippen molar-refractivity contribution in [1.82, 2.24) is 13.6 Å². The zero-order valence-electron chi connectivity index (χ0n) is 9.07. The Balaban J connectivity index is 2.10. The Morgan fingerprint density at radius 3 is 2.94 bits per heavy atom. The number of carbonyl (C=O) groups is 2. The van der Waals surface area contributed by atoms with Crippen molar-refractivity contribution < 1.29 is 19.4 Å². The maximum absolute atomic E-state index is 12.0. The van der Waals surface area contributed by atoms with Crippen LogP contribution in [0, 0.1) is 0 Å². The molecule has 0 radical (unpaired) electrons. The predicted molar refractivity (Wildman–Crippen MR) is 57.8 cm³/mol. The third-order valence-corrected chi connectivity index (χ3v) is 2.88. The number of morpholine rings is 1. The molecule has 7 nitrogen and oxygen atoms in total. The number of carbonyl (C=O) groups excluding carboxylic acids is 1. The molecule has 1 saturated heterocycles. The van der Waals surface area contributed by atoms with Gasteiger partial charge in [-0.2, -0.15) is 8.75 Å². The lowest BCUT2D eigenvalue weighted by Gasteiger charge is -2.34. The Labute approximate surface area is 101 Å². The van der Waals surface area contributed by atoms with E-state index in [-0.39, 0.29) is 24.2 Å². The van der Waals surface area contributed by atoms with Gasteiger partial charge in [0.05, 0.1) is 30.6 Å². The summed E-state index contributed by atoms with van der Waals surface area (Å²) in [7, 11) is 0. The summed E-state index contributed by atoms with van der Waals surface area (Å²) in [5, 5.41) is 8.90. The van der Waals surface area contributed by atoms with E-state index in [9.17, 15) is 9.59 Å². The molecule has 0 bridgehead atoms. The molecule has 17 heavy (non-hydrogen) atoms. The summed E-state index contributed by atoms with van der Waals surface area (Å²) in [5.41, 5.74) is 0.244. The number of aromatic nitrogens is 2. The largest absolute Gasteiger partial charge is 0.479 e. The van der Waals surface area contributed by atoms with Gasteiger partial charge in [-0.15, -0.1) is 0 Å². The van der Waals surface area contributed by atoms with E-state index in [0.717, 1.165) is 11.7 Å². The van der Waals surface area contributed by atoms with Crippen LogP contribution in [-0.2, 0) is 9.53 Å². The minimum Gasteiger partial charge on any atom is -0.479 e. The van der Waals surface area contributed by atoms with E-state index in [2.05, 4.69) is 8.75 Å². The molecule has 8 heteroatoms. The highest BCUT2D eigenvalue weighted by Gasteiger charge is 2.33. The van der Waals surface area contributed by atoms with Crippen LogP contribution in [0.4, 0.5) is 0 Å². The number of hydrogen-bond donors (Lipinski definition) is 1. The number of aliphatic carboxylic acids is 1. The van der Waals surface area contributed by atoms with Crippen molar-refractivity contribution in [3.8, 4) is 0 Å². The monoisotopic (exact) mass is 257 g/mol. The van der Waals surface area contributed by atoms with Gasteiger partial charge in [0, 0.05) is 6.54 Å². The van der Waals surface area contributed by atoms with Crippen LogP contribution in [0.5, 0.6) is 0 Å². The summed E-state index contributed by atoms with van der Waals surface area (Å²) in [6.45, 7) is 2.13. The molecule has 0 spiro atoms. The Bertz CT molecular complexity index is 422. The fourth-order valence-electron chi connectivity index (χ4n) is 1.67. The van der Waals surface area contributed by atoms with Crippen molar-refractivity contribution in [3.63, 3.8) is 0 Å². The average molecular weight is 257 g/mol. The second kappa shape index (κ2) is 4.76. The summed E-state index contributed by atoms with van der Waals surface area (Å²) in [6, 6.07) is 0. The van der Waals surface area contributed by atoms with Crippen molar-refractivity contribution in [2.75, 3.05) is 13.1 Å². The SMILES string of the molecule is C[C@@H]1CN(C(=O)c2cnsn2)CC(C(=O)O)O1. The van der Waals surface area contributed by atoms with Gasteiger partial charge in [-0.3, -0.25) is 4.79 Å². The van der Waals surface area contributed by atoms with Crippen molar-refractivity contribution in [2.45, 2.75) is 19.1 Å². The minimum absolute atomic E-state index is 0.0377. The fraction of sp³-hybridized carbons (Fsp3) is 0.556. The van der Waals surface area contributed by atoms with Crippen LogP contribution in [0.15, 0.2) is 6.20 Å². The lowest BCUT2D eigenvalue weighted by atomic mass is 10.2. The first-order valence-electron chi connectivity index (χ1n) is 5.03. The van der Waals surface area contributed by atoms with Crippen LogP contribution in [0.25, 0.3) is 0 Å². The standard InChI is InChI=1S/C9H11N3O4S/c1-5-3-12(4-7(16-5)9(14)15)8(13)6-2-10-17-11-6/h2,5,7H,3-4H2,1H3,(H,14,15)/t5-,7?/m1/s1. The van der Waals surface area contributed by atoms with E-state index in [1.165, 1.54) is 11.1 Å². The lowest BCUT2D eigenvalue weighted by Crippen LogP contribution is -2.51. The first-order valence-corrected chi connectivity index (χ1v) is 5.76. The van der Waals surface area contributed by atoms with Gasteiger partial charge in [0.2, 0.25) is 0 Å². The molecular formula is C9H11N3O4S. The van der Waals surface area contributed by atoms with Crippen LogP contribution >= 0.6 is 11.7 Å². The number of amides is 1. The topological polar surface area (TPSA) is 92.6 Å². The van der Waals surface area contributed by atoms with Crippen LogP contribution in [0.2, 0.25) is 0 Å². The lowest BCUT2D eigenvalue weighted by molar-refractivity contribution is -0.160. The number of rotatable bonds is 2. The number of carboxylic acids is 1. The van der Waals surface area contributed by atoms with E-state index in [4.69, 9.17) is 9.84 Å². The summed E-state index contributed by atoms with van der Waals surface area (Å²) in [5.74, 6) is -1.37. The molecule has 0 saturated carbocycles. The highest BCUT2D eigenvalue weighted by Crippen LogP contribution is 2.14. The molecule has 1 aliphatic heterocycles. The van der Waals surface area contributed by atoms with Crippen LogP contribution in [0.1, 0.15) is 17.4 Å². The first kappa shape index (κ1) is 11.9. The van der Waals surface area contributed by atoms with Gasteiger partial charge < -0.3 is 14.7 Å². The van der Waals surface area contributed by atoms with Crippen LogP contribution in [-0.4, -0.2) is 55.9 Å². The Hall–Kier alpha value is -1.54. The number of hydrogen-bond acceptors (Lipinski definition) is 6. The van der Waals surface area contributed by atoms with E-state index in [0.29, 0.717) is 6.54 Å². The van der Waals surface area contributed by atoms with Gasteiger partial charge in [-0.05, 0) is 6.92 Å². The van der Waals surface area contributed by atoms with E-state index >= 15 is 0 Å². The molecule has 1 aromatic heterocycles. The summed E-state index contributed by atoms with van der Waals surface area (Å²) >= 11 is 0.945. The summed E-state index contributed by atoms with van der Waals surface area (Å²) in [4.78, 5) is 24.3. The molecule has 1 amide bonds. The molecular weight excluding hydrogens is 246 g/mol. The van der Waals surface area contributed by atoms with Gasteiger partial charge in [-0.1, -0.05) is 0 Å². The van der Waals surface area contributed by atoms with Gasteiger partial charge in [-0.25, -0.2) is 4.79 Å². The van der Waals surface area contributed by atoms with Gasteiger partial charge in [0.15, 0.2) is 11.8 Å². The van der Waals surface area contributed by atoms with E-state index in [1.54, 1.807) is 6.92 Å². The highest BCUT2D eigenvalue weighted by atomic mass is 32.1. The molecule has 1 aliphatic rings. The van der Waals surface area contributed by atoms with Gasteiger partial charge in [0.1, 0.15) is 0 Å². The Morgan fingerprint density at radius 2 is 2.35 bits per heavy atom. The quantitative estimate of drug-likeness (QED) is 0.792. The van der Waals surface area contributed by atoms with Crippen molar-refractivity contribution in [3.05, 3.63) is 11.9 Å². The fourth-order valence-corrected chi connectivity index (χ4v) is 2.08. The Kier molecular flexibility index (Phi) is 3.34. The number of ether oxygens (including phenoxy) is 1. The summed E-state index contributed by atoms with van der Waals surface area (Å²) in [6.07, 6.45) is 0.0952. The molecule has 0 aliphatic carbocycles. The number of nitrogens with zero attached hydrogens (tertiary/aromatic N) is 3. The molecule has 1 fully saturated rings. The maximum Gasteiger partial charge on any atom is 0.334 e. The smallest absolute Gasteiger partial charge is 0.334 e. The second-order valence-corrected chi connectivity index (χ2v) is 4.33. The normalized spacial score (nSPS) is 24.6. The molecule has 2 atom stereocenters. The molecule has 92 valence electrons. The third-order valence-electron chi connectivity index (χ3n) is 2.40. The molecule has 0 aromatic carbocycles. The van der Waals surface area contributed by atoms with Crippen LogP contribution < -0.4 is 0 Å². The average Bonchev–Trinajstić information content (AvgIpc) is 2.80.